The molecular formula is C14H18N2O. The number of H-pyrrole nitrogens is 1. The Labute approximate surface area is 102 Å². The fourth-order valence-electron chi connectivity index (χ4n) is 1.82. The summed E-state index contributed by atoms with van der Waals surface area (Å²) in [5.74, 6) is 0.912. The lowest BCUT2D eigenvalue weighted by Crippen LogP contribution is -1.96. The minimum atomic E-state index is 0.537. The first-order chi connectivity index (χ1) is 8.29. The summed E-state index contributed by atoms with van der Waals surface area (Å²) in [5, 5.41) is 0. The molecule has 3 nitrogen and oxygen atoms in total. The first kappa shape index (κ1) is 11.9. The Morgan fingerprint density at radius 1 is 1.18 bits per heavy atom. The average Bonchev–Trinajstić information content (AvgIpc) is 2.71. The Morgan fingerprint density at radius 3 is 2.59 bits per heavy atom. The number of rotatable bonds is 5. The topological polar surface area (TPSA) is 37.9 Å². The second kappa shape index (κ2) is 5.64. The zero-order valence-corrected chi connectivity index (χ0v) is 10.4. The van der Waals surface area contributed by atoms with E-state index in [0.717, 1.165) is 23.6 Å². The maximum Gasteiger partial charge on any atom is 0.132 e. The number of nitrogens with zero attached hydrogens (tertiary/aromatic N) is 1. The number of ether oxygens (including phenoxy) is 1. The van der Waals surface area contributed by atoms with Gasteiger partial charge in [-0.05, 0) is 18.9 Å². The zero-order chi connectivity index (χ0) is 12.1. The number of hydrogen-bond acceptors (Lipinski definition) is 2. The highest BCUT2D eigenvalue weighted by molar-refractivity contribution is 5.14. The van der Waals surface area contributed by atoms with Gasteiger partial charge in [0.25, 0.3) is 0 Å². The summed E-state index contributed by atoms with van der Waals surface area (Å²) in [5.41, 5.74) is 3.46. The van der Waals surface area contributed by atoms with Crippen LogP contribution in [-0.2, 0) is 24.4 Å². The number of hydrogen-bond donors (Lipinski definition) is 1. The third-order valence-corrected chi connectivity index (χ3v) is 2.72. The molecule has 17 heavy (non-hydrogen) atoms. The molecule has 3 heteroatoms. The molecule has 0 aliphatic heterocycles. The highest BCUT2D eigenvalue weighted by Crippen LogP contribution is 2.08. The summed E-state index contributed by atoms with van der Waals surface area (Å²) in [6.45, 7) is 5.32. The summed E-state index contributed by atoms with van der Waals surface area (Å²) in [6.07, 6.45) is 0.959. The van der Waals surface area contributed by atoms with Crippen molar-refractivity contribution in [1.29, 1.82) is 0 Å². The largest absolute Gasteiger partial charge is 0.369 e. The summed E-state index contributed by atoms with van der Waals surface area (Å²) < 4.78 is 5.62. The predicted octanol–water partition coefficient (Wildman–Crippen LogP) is 3.00. The van der Waals surface area contributed by atoms with Crippen molar-refractivity contribution in [2.24, 2.45) is 0 Å². The molecule has 0 aliphatic carbocycles. The Kier molecular flexibility index (Phi) is 3.94. The molecule has 1 N–H and O–H groups in total. The maximum atomic E-state index is 5.62. The van der Waals surface area contributed by atoms with Crippen LogP contribution in [0, 0.1) is 6.92 Å². The summed E-state index contributed by atoms with van der Waals surface area (Å²) >= 11 is 0. The fourth-order valence-corrected chi connectivity index (χ4v) is 1.82. The van der Waals surface area contributed by atoms with Crippen molar-refractivity contribution in [2.75, 3.05) is 0 Å². The first-order valence-corrected chi connectivity index (χ1v) is 5.95. The summed E-state index contributed by atoms with van der Waals surface area (Å²) in [7, 11) is 0. The molecule has 0 saturated carbocycles. The van der Waals surface area contributed by atoms with Crippen LogP contribution in [0.4, 0.5) is 0 Å². The first-order valence-electron chi connectivity index (χ1n) is 5.95. The van der Waals surface area contributed by atoms with Crippen molar-refractivity contribution in [3.63, 3.8) is 0 Å². The second-order valence-electron chi connectivity index (χ2n) is 4.09. The third-order valence-electron chi connectivity index (χ3n) is 2.72. The van der Waals surface area contributed by atoms with Crippen LogP contribution >= 0.6 is 0 Å². The van der Waals surface area contributed by atoms with Gasteiger partial charge in [0.15, 0.2) is 0 Å². The van der Waals surface area contributed by atoms with Crippen LogP contribution in [0.15, 0.2) is 30.3 Å². The second-order valence-corrected chi connectivity index (χ2v) is 4.09. The highest BCUT2D eigenvalue weighted by Gasteiger charge is 2.04. The lowest BCUT2D eigenvalue weighted by atomic mass is 10.2. The van der Waals surface area contributed by atoms with Gasteiger partial charge in [0.2, 0.25) is 0 Å². The van der Waals surface area contributed by atoms with Crippen LogP contribution in [0.25, 0.3) is 0 Å². The van der Waals surface area contributed by atoms with E-state index >= 15 is 0 Å². The van der Waals surface area contributed by atoms with Gasteiger partial charge in [-0.3, -0.25) is 0 Å². The molecule has 90 valence electrons. The zero-order valence-electron chi connectivity index (χ0n) is 10.4. The minimum absolute atomic E-state index is 0.537. The molecule has 0 amide bonds. The van der Waals surface area contributed by atoms with E-state index < -0.39 is 0 Å². The molecule has 0 saturated heterocycles. The quantitative estimate of drug-likeness (QED) is 0.857. The molecule has 1 heterocycles. The Morgan fingerprint density at radius 2 is 1.94 bits per heavy atom. The van der Waals surface area contributed by atoms with Crippen molar-refractivity contribution in [3.05, 3.63) is 53.1 Å². The predicted molar refractivity (Wildman–Crippen MR) is 67.6 cm³/mol. The van der Waals surface area contributed by atoms with E-state index in [-0.39, 0.29) is 0 Å². The molecule has 0 unspecified atom stereocenters. The Bertz CT molecular complexity index is 462. The Balaban J connectivity index is 1.86. The van der Waals surface area contributed by atoms with Crippen LogP contribution in [-0.4, -0.2) is 9.97 Å². The van der Waals surface area contributed by atoms with Gasteiger partial charge in [0.1, 0.15) is 12.4 Å². The van der Waals surface area contributed by atoms with Crippen molar-refractivity contribution in [3.8, 4) is 0 Å². The molecule has 0 fully saturated rings. The van der Waals surface area contributed by atoms with Gasteiger partial charge in [-0.2, -0.15) is 0 Å². The Hall–Kier alpha value is -1.61. The normalized spacial score (nSPS) is 10.7. The number of benzene rings is 1. The van der Waals surface area contributed by atoms with E-state index in [9.17, 15) is 0 Å². The number of nitrogens with one attached hydrogen (secondary N) is 1. The van der Waals surface area contributed by atoms with Gasteiger partial charge in [0, 0.05) is 5.69 Å². The molecule has 1 aromatic heterocycles. The number of imidazole rings is 1. The van der Waals surface area contributed by atoms with Gasteiger partial charge < -0.3 is 9.72 Å². The number of aromatic amines is 1. The van der Waals surface area contributed by atoms with Crippen molar-refractivity contribution < 1.29 is 4.74 Å². The van der Waals surface area contributed by atoms with Gasteiger partial charge in [0.05, 0.1) is 12.3 Å². The SMILES string of the molecule is CCc1nc(COCc2ccccc2)[nH]c1C. The molecule has 0 bridgehead atoms. The van der Waals surface area contributed by atoms with Crippen molar-refractivity contribution in [2.45, 2.75) is 33.5 Å². The van der Waals surface area contributed by atoms with E-state index in [2.05, 4.69) is 29.0 Å². The van der Waals surface area contributed by atoms with Gasteiger partial charge in [-0.25, -0.2) is 4.98 Å². The molecule has 2 aromatic rings. The highest BCUT2D eigenvalue weighted by atomic mass is 16.5. The molecule has 0 spiro atoms. The van der Waals surface area contributed by atoms with E-state index in [4.69, 9.17) is 4.74 Å². The van der Waals surface area contributed by atoms with E-state index in [1.807, 2.05) is 25.1 Å². The smallest absolute Gasteiger partial charge is 0.132 e. The van der Waals surface area contributed by atoms with Gasteiger partial charge >= 0.3 is 0 Å². The van der Waals surface area contributed by atoms with Crippen LogP contribution < -0.4 is 0 Å². The minimum Gasteiger partial charge on any atom is -0.369 e. The molecule has 1 aromatic carbocycles. The molecule has 0 radical (unpaired) electrons. The number of aromatic nitrogens is 2. The summed E-state index contributed by atoms with van der Waals surface area (Å²) in [6, 6.07) is 10.2. The van der Waals surface area contributed by atoms with Crippen molar-refractivity contribution >= 4 is 0 Å². The van der Waals surface area contributed by atoms with Gasteiger partial charge in [-0.1, -0.05) is 37.3 Å². The van der Waals surface area contributed by atoms with E-state index in [1.54, 1.807) is 0 Å². The lowest BCUT2D eigenvalue weighted by Gasteiger charge is -2.01. The van der Waals surface area contributed by atoms with Crippen LogP contribution in [0.5, 0.6) is 0 Å². The number of aryl methyl sites for hydroxylation is 2. The van der Waals surface area contributed by atoms with Crippen LogP contribution in [0.2, 0.25) is 0 Å². The van der Waals surface area contributed by atoms with Crippen LogP contribution in [0.1, 0.15) is 29.7 Å². The molecule has 0 aliphatic rings. The average molecular weight is 230 g/mol. The third kappa shape index (κ3) is 3.17. The van der Waals surface area contributed by atoms with Crippen molar-refractivity contribution in [1.82, 2.24) is 9.97 Å². The summed E-state index contributed by atoms with van der Waals surface area (Å²) in [4.78, 5) is 7.72. The molecule has 0 atom stereocenters. The molecular weight excluding hydrogens is 212 g/mol. The van der Waals surface area contributed by atoms with Crippen LogP contribution in [0.3, 0.4) is 0 Å². The standard InChI is InChI=1S/C14H18N2O/c1-3-13-11(2)15-14(16-13)10-17-9-12-7-5-4-6-8-12/h4-8H,3,9-10H2,1-2H3,(H,15,16). The fraction of sp³-hybridized carbons (Fsp3) is 0.357. The molecule has 2 rings (SSSR count). The maximum absolute atomic E-state index is 5.62. The lowest BCUT2D eigenvalue weighted by molar-refractivity contribution is 0.102. The van der Waals surface area contributed by atoms with E-state index in [1.165, 1.54) is 5.56 Å². The monoisotopic (exact) mass is 230 g/mol. The van der Waals surface area contributed by atoms with Gasteiger partial charge in [-0.15, -0.1) is 0 Å². The van der Waals surface area contributed by atoms with E-state index in [0.29, 0.717) is 13.2 Å².